The average molecular weight is 199 g/mol. The molecule has 0 bridgehead atoms. The lowest BCUT2D eigenvalue weighted by Crippen LogP contribution is -2.27. The first kappa shape index (κ1) is 8.72. The zero-order valence-electron chi connectivity index (χ0n) is 7.15. The van der Waals surface area contributed by atoms with Gasteiger partial charge in [0.15, 0.2) is 11.0 Å². The summed E-state index contributed by atoms with van der Waals surface area (Å²) in [5.74, 6) is 0.747. The van der Waals surface area contributed by atoms with Gasteiger partial charge in [-0.3, -0.25) is 0 Å². The van der Waals surface area contributed by atoms with Gasteiger partial charge in [0.05, 0.1) is 0 Å². The minimum atomic E-state index is 0.234. The fourth-order valence-electron chi connectivity index (χ4n) is 1.51. The molecule has 0 saturated carbocycles. The van der Waals surface area contributed by atoms with Gasteiger partial charge >= 0.3 is 0 Å². The highest BCUT2D eigenvalue weighted by molar-refractivity contribution is 6.31. The summed E-state index contributed by atoms with van der Waals surface area (Å²) in [6.45, 7) is 1.73. The molecule has 1 aliphatic rings. The van der Waals surface area contributed by atoms with Crippen LogP contribution < -0.4 is 10.6 Å². The monoisotopic (exact) mass is 198 g/mol. The van der Waals surface area contributed by atoms with Crippen LogP contribution in [0.4, 0.5) is 5.82 Å². The SMILES string of the molecule is N[C@H]1CCN(c2nccnc2Cl)C1. The normalized spacial score (nSPS) is 22.3. The van der Waals surface area contributed by atoms with Crippen LogP contribution in [0, 0.1) is 0 Å². The van der Waals surface area contributed by atoms with E-state index in [4.69, 9.17) is 17.3 Å². The second-order valence-corrected chi connectivity index (χ2v) is 3.52. The molecule has 1 atom stereocenters. The Bertz CT molecular complexity index is 304. The predicted molar refractivity (Wildman–Crippen MR) is 51.8 cm³/mol. The molecule has 2 N–H and O–H groups in total. The van der Waals surface area contributed by atoms with Crippen molar-refractivity contribution in [2.75, 3.05) is 18.0 Å². The lowest BCUT2D eigenvalue weighted by atomic mass is 10.3. The number of hydrogen-bond donors (Lipinski definition) is 1. The van der Waals surface area contributed by atoms with Crippen LogP contribution in [0.3, 0.4) is 0 Å². The second-order valence-electron chi connectivity index (χ2n) is 3.17. The molecule has 0 aromatic carbocycles. The molecule has 13 heavy (non-hydrogen) atoms. The van der Waals surface area contributed by atoms with E-state index < -0.39 is 0 Å². The molecule has 1 saturated heterocycles. The van der Waals surface area contributed by atoms with Gasteiger partial charge in [-0.1, -0.05) is 11.6 Å². The maximum absolute atomic E-state index is 5.90. The van der Waals surface area contributed by atoms with Gasteiger partial charge < -0.3 is 10.6 Å². The van der Waals surface area contributed by atoms with E-state index in [1.807, 2.05) is 0 Å². The lowest BCUT2D eigenvalue weighted by Gasteiger charge is -2.16. The number of aromatic nitrogens is 2. The third-order valence-electron chi connectivity index (χ3n) is 2.16. The highest BCUT2D eigenvalue weighted by atomic mass is 35.5. The Balaban J connectivity index is 2.21. The Hall–Kier alpha value is -0.870. The van der Waals surface area contributed by atoms with E-state index in [0.29, 0.717) is 5.15 Å². The Morgan fingerprint density at radius 1 is 1.46 bits per heavy atom. The predicted octanol–water partition coefficient (Wildman–Crippen LogP) is 0.667. The first-order valence-corrected chi connectivity index (χ1v) is 4.62. The average Bonchev–Trinajstić information content (AvgIpc) is 2.53. The van der Waals surface area contributed by atoms with Gasteiger partial charge in [-0.2, -0.15) is 0 Å². The molecule has 2 heterocycles. The van der Waals surface area contributed by atoms with Crippen molar-refractivity contribution in [3.05, 3.63) is 17.5 Å². The molecule has 5 heteroatoms. The molecule has 0 aliphatic carbocycles. The van der Waals surface area contributed by atoms with Crippen LogP contribution in [-0.4, -0.2) is 29.1 Å². The highest BCUT2D eigenvalue weighted by Gasteiger charge is 2.22. The van der Waals surface area contributed by atoms with Crippen molar-refractivity contribution in [3.63, 3.8) is 0 Å². The number of nitrogens with zero attached hydrogens (tertiary/aromatic N) is 3. The zero-order valence-corrected chi connectivity index (χ0v) is 7.91. The number of halogens is 1. The standard InChI is InChI=1S/C8H11ClN4/c9-7-8(12-3-2-11-7)13-4-1-6(10)5-13/h2-3,6H,1,4-5,10H2/t6-/m0/s1. The van der Waals surface area contributed by atoms with Crippen molar-refractivity contribution in [3.8, 4) is 0 Å². The molecule has 0 amide bonds. The number of anilines is 1. The van der Waals surface area contributed by atoms with E-state index in [1.54, 1.807) is 12.4 Å². The maximum atomic E-state index is 5.90. The molecular weight excluding hydrogens is 188 g/mol. The van der Waals surface area contributed by atoms with Crippen LogP contribution in [0.1, 0.15) is 6.42 Å². The van der Waals surface area contributed by atoms with Crippen molar-refractivity contribution in [2.24, 2.45) is 5.73 Å². The second kappa shape index (κ2) is 3.47. The Morgan fingerprint density at radius 2 is 2.23 bits per heavy atom. The van der Waals surface area contributed by atoms with Gasteiger partial charge in [0.2, 0.25) is 0 Å². The lowest BCUT2D eigenvalue weighted by molar-refractivity contribution is 0.751. The third-order valence-corrected chi connectivity index (χ3v) is 2.43. The van der Waals surface area contributed by atoms with Gasteiger partial charge in [-0.15, -0.1) is 0 Å². The molecule has 1 aliphatic heterocycles. The molecular formula is C8H11ClN4. The van der Waals surface area contributed by atoms with E-state index in [-0.39, 0.29) is 6.04 Å². The van der Waals surface area contributed by atoms with Gasteiger partial charge in [0, 0.05) is 31.5 Å². The molecule has 2 rings (SSSR count). The highest BCUT2D eigenvalue weighted by Crippen LogP contribution is 2.23. The molecule has 0 radical (unpaired) electrons. The van der Waals surface area contributed by atoms with E-state index in [9.17, 15) is 0 Å². The van der Waals surface area contributed by atoms with Gasteiger partial charge in [-0.25, -0.2) is 9.97 Å². The third kappa shape index (κ3) is 1.73. The zero-order chi connectivity index (χ0) is 9.26. The summed E-state index contributed by atoms with van der Waals surface area (Å²) >= 11 is 5.90. The summed E-state index contributed by atoms with van der Waals surface area (Å²) in [5, 5.41) is 0.455. The van der Waals surface area contributed by atoms with Crippen molar-refractivity contribution in [1.82, 2.24) is 9.97 Å². The van der Waals surface area contributed by atoms with Crippen LogP contribution >= 0.6 is 11.6 Å². The van der Waals surface area contributed by atoms with Gasteiger partial charge in [0.1, 0.15) is 0 Å². The summed E-state index contributed by atoms with van der Waals surface area (Å²) in [6, 6.07) is 0.234. The van der Waals surface area contributed by atoms with Crippen LogP contribution in [0.2, 0.25) is 5.15 Å². The summed E-state index contributed by atoms with van der Waals surface area (Å²) in [6.07, 6.45) is 4.22. The Labute approximate surface area is 81.7 Å². The Morgan fingerprint density at radius 3 is 2.85 bits per heavy atom. The summed E-state index contributed by atoms with van der Waals surface area (Å²) in [7, 11) is 0. The molecule has 0 unspecified atom stereocenters. The quantitative estimate of drug-likeness (QED) is 0.721. The van der Waals surface area contributed by atoms with Crippen LogP contribution in [-0.2, 0) is 0 Å². The van der Waals surface area contributed by atoms with Crippen molar-refractivity contribution in [1.29, 1.82) is 0 Å². The van der Waals surface area contributed by atoms with Crippen LogP contribution in [0.5, 0.6) is 0 Å². The van der Waals surface area contributed by atoms with E-state index in [1.165, 1.54) is 0 Å². The first-order chi connectivity index (χ1) is 6.27. The van der Waals surface area contributed by atoms with Crippen molar-refractivity contribution in [2.45, 2.75) is 12.5 Å². The number of rotatable bonds is 1. The minimum absolute atomic E-state index is 0.234. The molecule has 4 nitrogen and oxygen atoms in total. The van der Waals surface area contributed by atoms with Crippen molar-refractivity contribution >= 4 is 17.4 Å². The van der Waals surface area contributed by atoms with E-state index >= 15 is 0 Å². The van der Waals surface area contributed by atoms with Crippen LogP contribution in [0.25, 0.3) is 0 Å². The van der Waals surface area contributed by atoms with E-state index in [2.05, 4.69) is 14.9 Å². The van der Waals surface area contributed by atoms with Gasteiger partial charge in [-0.05, 0) is 6.42 Å². The Kier molecular flexibility index (Phi) is 2.33. The molecule has 1 fully saturated rings. The number of hydrogen-bond acceptors (Lipinski definition) is 4. The molecule has 0 spiro atoms. The smallest absolute Gasteiger partial charge is 0.171 e. The van der Waals surface area contributed by atoms with Crippen molar-refractivity contribution < 1.29 is 0 Å². The number of nitrogens with two attached hydrogens (primary N) is 1. The van der Waals surface area contributed by atoms with Gasteiger partial charge in [0.25, 0.3) is 0 Å². The summed E-state index contributed by atoms with van der Waals surface area (Å²) in [5.41, 5.74) is 5.78. The first-order valence-electron chi connectivity index (χ1n) is 4.24. The molecule has 70 valence electrons. The maximum Gasteiger partial charge on any atom is 0.171 e. The largest absolute Gasteiger partial charge is 0.352 e. The van der Waals surface area contributed by atoms with Crippen LogP contribution in [0.15, 0.2) is 12.4 Å². The summed E-state index contributed by atoms with van der Waals surface area (Å²) in [4.78, 5) is 10.2. The molecule has 1 aromatic heterocycles. The summed E-state index contributed by atoms with van der Waals surface area (Å²) < 4.78 is 0. The van der Waals surface area contributed by atoms with E-state index in [0.717, 1.165) is 25.3 Å². The fraction of sp³-hybridized carbons (Fsp3) is 0.500. The minimum Gasteiger partial charge on any atom is -0.352 e. The molecule has 1 aromatic rings. The fourth-order valence-corrected chi connectivity index (χ4v) is 1.73. The topological polar surface area (TPSA) is 55.0 Å².